The first-order valence-corrected chi connectivity index (χ1v) is 12.2. The van der Waals surface area contributed by atoms with Crippen molar-refractivity contribution in [2.75, 3.05) is 0 Å². The number of oxazole rings is 1. The maximum atomic E-state index is 9.51. The van der Waals surface area contributed by atoms with E-state index >= 15 is 0 Å². The Bertz CT molecular complexity index is 1520. The third-order valence-corrected chi connectivity index (χ3v) is 7.12. The van der Waals surface area contributed by atoms with Crippen LogP contribution in [0.25, 0.3) is 39.4 Å². The first kappa shape index (κ1) is 23.5. The fourth-order valence-electron chi connectivity index (χ4n) is 4.89. The Morgan fingerprint density at radius 3 is 2.23 bits per heavy atom. The fraction of sp³-hybridized carbons (Fsp3) is 0.267. The quantitative estimate of drug-likeness (QED) is 0.318. The molecule has 178 valence electrons. The number of allylic oxidation sites excluding steroid dienone is 1. The lowest BCUT2D eigenvalue weighted by molar-refractivity contribution is 0.282. The molecule has 5 rings (SSSR count). The van der Waals surface area contributed by atoms with Crippen molar-refractivity contribution in [1.29, 1.82) is 0 Å². The van der Waals surface area contributed by atoms with E-state index in [1.807, 2.05) is 24.4 Å². The molecular formula is C30H29ClN2O2. The molecular weight excluding hydrogens is 456 g/mol. The first-order chi connectivity index (χ1) is 16.7. The van der Waals surface area contributed by atoms with Gasteiger partial charge >= 0.3 is 0 Å². The number of aromatic nitrogens is 1. The molecule has 4 aromatic rings. The molecule has 2 heterocycles. The van der Waals surface area contributed by atoms with Gasteiger partial charge < -0.3 is 9.52 Å². The Kier molecular flexibility index (Phi) is 5.90. The first-order valence-electron chi connectivity index (χ1n) is 11.9. The second-order valence-electron chi connectivity index (χ2n) is 10.2. The Labute approximate surface area is 211 Å². The molecule has 0 unspecified atom stereocenters. The summed E-state index contributed by atoms with van der Waals surface area (Å²) < 4.78 is 6.09. The van der Waals surface area contributed by atoms with Gasteiger partial charge in [-0.2, -0.15) is 0 Å². The van der Waals surface area contributed by atoms with Gasteiger partial charge in [-0.1, -0.05) is 62.7 Å². The Morgan fingerprint density at radius 1 is 0.943 bits per heavy atom. The molecule has 0 radical (unpaired) electrons. The van der Waals surface area contributed by atoms with E-state index in [-0.39, 0.29) is 12.0 Å². The maximum absolute atomic E-state index is 9.51. The molecule has 0 saturated heterocycles. The van der Waals surface area contributed by atoms with Crippen molar-refractivity contribution in [2.24, 2.45) is 10.4 Å². The van der Waals surface area contributed by atoms with Gasteiger partial charge in [0.2, 0.25) is 5.89 Å². The molecule has 0 bridgehead atoms. The number of halogens is 1. The van der Waals surface area contributed by atoms with Gasteiger partial charge in [-0.3, -0.25) is 4.99 Å². The van der Waals surface area contributed by atoms with Crippen molar-refractivity contribution in [3.8, 4) is 22.6 Å². The summed E-state index contributed by atoms with van der Waals surface area (Å²) in [6, 6.07) is 16.2. The van der Waals surface area contributed by atoms with Crippen molar-refractivity contribution in [3.63, 3.8) is 0 Å². The van der Waals surface area contributed by atoms with E-state index in [2.05, 4.69) is 58.9 Å². The van der Waals surface area contributed by atoms with E-state index < -0.39 is 0 Å². The molecule has 1 aliphatic rings. The van der Waals surface area contributed by atoms with Gasteiger partial charge in [0, 0.05) is 23.8 Å². The smallest absolute Gasteiger partial charge is 0.227 e. The van der Waals surface area contributed by atoms with Crippen LogP contribution in [0, 0.1) is 19.3 Å². The second kappa shape index (κ2) is 8.78. The molecule has 0 atom stereocenters. The number of aliphatic imine (C=N–C) groups is 1. The average molecular weight is 485 g/mol. The lowest BCUT2D eigenvalue weighted by Crippen LogP contribution is -2.10. The molecule has 0 fully saturated rings. The lowest BCUT2D eigenvalue weighted by atomic mass is 9.82. The van der Waals surface area contributed by atoms with Crippen LogP contribution in [0.5, 0.6) is 0 Å². The van der Waals surface area contributed by atoms with Gasteiger partial charge in [0.05, 0.1) is 17.3 Å². The Morgan fingerprint density at radius 2 is 1.57 bits per heavy atom. The van der Waals surface area contributed by atoms with Crippen LogP contribution in [0.3, 0.4) is 0 Å². The van der Waals surface area contributed by atoms with E-state index in [9.17, 15) is 5.11 Å². The summed E-state index contributed by atoms with van der Waals surface area (Å²) in [6.07, 6.45) is 2.92. The van der Waals surface area contributed by atoms with Crippen molar-refractivity contribution in [3.05, 3.63) is 81.4 Å². The van der Waals surface area contributed by atoms with Crippen LogP contribution in [-0.4, -0.2) is 16.3 Å². The molecule has 1 aliphatic heterocycles. The molecule has 0 amide bonds. The van der Waals surface area contributed by atoms with E-state index in [4.69, 9.17) is 26.0 Å². The van der Waals surface area contributed by atoms with Gasteiger partial charge in [-0.15, -0.1) is 0 Å². The Hall–Kier alpha value is -3.21. The number of benzene rings is 3. The third kappa shape index (κ3) is 4.11. The number of hydrogen-bond acceptors (Lipinski definition) is 4. The minimum absolute atomic E-state index is 0.0637. The van der Waals surface area contributed by atoms with Gasteiger partial charge in [0.1, 0.15) is 5.52 Å². The number of rotatable bonds is 4. The topological polar surface area (TPSA) is 58.6 Å². The normalized spacial score (nSPS) is 13.9. The van der Waals surface area contributed by atoms with Crippen LogP contribution < -0.4 is 0 Å². The monoisotopic (exact) mass is 484 g/mol. The van der Waals surface area contributed by atoms with Gasteiger partial charge in [-0.05, 0) is 70.9 Å². The number of hydrogen-bond donors (Lipinski definition) is 1. The van der Waals surface area contributed by atoms with Crippen molar-refractivity contribution < 1.29 is 9.52 Å². The summed E-state index contributed by atoms with van der Waals surface area (Å²) in [4.78, 5) is 9.48. The molecule has 1 aromatic heterocycles. The lowest BCUT2D eigenvalue weighted by Gasteiger charge is -2.23. The highest BCUT2D eigenvalue weighted by Crippen LogP contribution is 2.42. The van der Waals surface area contributed by atoms with E-state index in [1.165, 1.54) is 22.3 Å². The van der Waals surface area contributed by atoms with Gasteiger partial charge in [0.15, 0.2) is 5.58 Å². The van der Waals surface area contributed by atoms with Crippen LogP contribution >= 0.6 is 11.6 Å². The standard InChI is InChI=1S/C30H29ClN2O2/c1-17-20(8-6-10-22(17)27-24(12-13-32-27)30(3,4)5)21-9-7-11-23(18(21)2)29-33-26-15-19(16-34)14-25(31)28(26)35-29/h6-11,13-15,34H,12,16H2,1-5H3. The molecule has 5 heteroatoms. The highest BCUT2D eigenvalue weighted by atomic mass is 35.5. The van der Waals surface area contributed by atoms with E-state index in [1.54, 1.807) is 6.07 Å². The molecule has 0 saturated carbocycles. The zero-order valence-corrected chi connectivity index (χ0v) is 21.5. The Balaban J connectivity index is 1.64. The molecule has 35 heavy (non-hydrogen) atoms. The van der Waals surface area contributed by atoms with Crippen LogP contribution in [0.4, 0.5) is 0 Å². The molecule has 4 nitrogen and oxygen atoms in total. The SMILES string of the molecule is Cc1c(C2=C(C(C)(C)C)CC=N2)cccc1-c1cccc(-c2nc3cc(CO)cc(Cl)c3o2)c1C. The van der Waals surface area contributed by atoms with Crippen molar-refractivity contribution in [1.82, 2.24) is 4.98 Å². The van der Waals surface area contributed by atoms with Crippen LogP contribution in [0.15, 0.2) is 63.5 Å². The van der Waals surface area contributed by atoms with Crippen LogP contribution in [0.2, 0.25) is 5.02 Å². The summed E-state index contributed by atoms with van der Waals surface area (Å²) in [6.45, 7) is 10.9. The summed E-state index contributed by atoms with van der Waals surface area (Å²) in [5.74, 6) is 0.517. The zero-order chi connectivity index (χ0) is 24.9. The number of fused-ring (bicyclic) bond motifs is 1. The third-order valence-electron chi connectivity index (χ3n) is 6.84. The van der Waals surface area contributed by atoms with E-state index in [0.29, 0.717) is 27.6 Å². The summed E-state index contributed by atoms with van der Waals surface area (Å²) in [5.41, 5.74) is 11.1. The number of nitrogens with zero attached hydrogens (tertiary/aromatic N) is 2. The molecule has 0 spiro atoms. The van der Waals surface area contributed by atoms with Crippen molar-refractivity contribution >= 4 is 34.6 Å². The predicted molar refractivity (Wildman–Crippen MR) is 145 cm³/mol. The molecule has 3 aromatic carbocycles. The highest BCUT2D eigenvalue weighted by molar-refractivity contribution is 6.34. The average Bonchev–Trinajstić information content (AvgIpc) is 3.47. The summed E-state index contributed by atoms with van der Waals surface area (Å²) >= 11 is 6.39. The summed E-state index contributed by atoms with van der Waals surface area (Å²) in [7, 11) is 0. The minimum atomic E-state index is -0.0978. The maximum Gasteiger partial charge on any atom is 0.227 e. The van der Waals surface area contributed by atoms with E-state index in [0.717, 1.165) is 28.8 Å². The number of aliphatic hydroxyl groups is 1. The van der Waals surface area contributed by atoms with Crippen LogP contribution in [-0.2, 0) is 6.61 Å². The predicted octanol–water partition coefficient (Wildman–Crippen LogP) is 8.16. The largest absolute Gasteiger partial charge is 0.434 e. The second-order valence-corrected chi connectivity index (χ2v) is 10.6. The fourth-order valence-corrected chi connectivity index (χ4v) is 5.17. The zero-order valence-electron chi connectivity index (χ0n) is 20.7. The van der Waals surface area contributed by atoms with Gasteiger partial charge in [-0.25, -0.2) is 4.98 Å². The molecule has 1 N–H and O–H groups in total. The summed E-state index contributed by atoms with van der Waals surface area (Å²) in [5, 5.41) is 9.96. The number of aliphatic hydroxyl groups excluding tert-OH is 1. The minimum Gasteiger partial charge on any atom is -0.434 e. The molecule has 0 aliphatic carbocycles. The van der Waals surface area contributed by atoms with Gasteiger partial charge in [0.25, 0.3) is 0 Å². The van der Waals surface area contributed by atoms with Crippen molar-refractivity contribution in [2.45, 2.75) is 47.6 Å². The highest BCUT2D eigenvalue weighted by Gasteiger charge is 2.26. The van der Waals surface area contributed by atoms with Crippen LogP contribution in [0.1, 0.15) is 49.4 Å².